The molecule has 0 saturated heterocycles. The maximum Gasteiger partial charge on any atom is 0.339 e. The molecule has 0 bridgehead atoms. The Morgan fingerprint density at radius 3 is 2.72 bits per heavy atom. The largest absolute Gasteiger partial charge is 0.478 e. The van der Waals surface area contributed by atoms with E-state index >= 15 is 0 Å². The average molecular weight is 337 g/mol. The molecule has 4 nitrogen and oxygen atoms in total. The van der Waals surface area contributed by atoms with Crippen molar-refractivity contribution in [3.05, 3.63) is 28.0 Å². The van der Waals surface area contributed by atoms with Crippen molar-refractivity contribution in [3.63, 3.8) is 0 Å². The van der Waals surface area contributed by atoms with E-state index in [0.29, 0.717) is 4.47 Å². The summed E-state index contributed by atoms with van der Waals surface area (Å²) in [5, 5.41) is 8.92. The van der Waals surface area contributed by atoms with Gasteiger partial charge in [-0.2, -0.15) is 0 Å². The highest BCUT2D eigenvalue weighted by molar-refractivity contribution is 9.10. The molecule has 18 heavy (non-hydrogen) atoms. The van der Waals surface area contributed by atoms with Crippen LogP contribution in [0, 0.1) is 5.82 Å². The minimum absolute atomic E-state index is 0.0655. The molecule has 0 aliphatic rings. The lowest BCUT2D eigenvalue weighted by Crippen LogP contribution is -2.08. The molecule has 0 radical (unpaired) electrons. The molecule has 7 heteroatoms. The maximum absolute atomic E-state index is 13.5. The Hall–Kier alpha value is -1.08. The van der Waals surface area contributed by atoms with E-state index in [4.69, 9.17) is 9.84 Å². The molecule has 0 spiro atoms. The molecular formula is C11H10BrFO4S. The second-order valence-electron chi connectivity index (χ2n) is 3.16. The van der Waals surface area contributed by atoms with Crippen LogP contribution in [0.3, 0.4) is 0 Å². The van der Waals surface area contributed by atoms with Crippen LogP contribution in [0.25, 0.3) is 0 Å². The Morgan fingerprint density at radius 2 is 2.17 bits per heavy atom. The molecule has 0 aliphatic carbocycles. The van der Waals surface area contributed by atoms with Crippen molar-refractivity contribution in [2.45, 2.75) is 11.8 Å². The Kier molecular flexibility index (Phi) is 5.61. The third-order valence-electron chi connectivity index (χ3n) is 1.88. The van der Waals surface area contributed by atoms with Crippen LogP contribution >= 0.6 is 27.7 Å². The highest BCUT2D eigenvalue weighted by atomic mass is 79.9. The quantitative estimate of drug-likeness (QED) is 0.661. The first-order chi connectivity index (χ1) is 8.45. The Labute approximate surface area is 116 Å². The van der Waals surface area contributed by atoms with Crippen LogP contribution in [0.15, 0.2) is 21.5 Å². The van der Waals surface area contributed by atoms with Gasteiger partial charge in [0.25, 0.3) is 0 Å². The van der Waals surface area contributed by atoms with E-state index in [0.717, 1.165) is 17.8 Å². The van der Waals surface area contributed by atoms with Gasteiger partial charge in [-0.15, -0.1) is 11.8 Å². The number of rotatable bonds is 5. The monoisotopic (exact) mass is 336 g/mol. The second-order valence-corrected chi connectivity index (χ2v) is 5.09. The Bertz CT molecular complexity index is 478. The predicted octanol–water partition coefficient (Wildman–Crippen LogP) is 2.94. The summed E-state index contributed by atoms with van der Waals surface area (Å²) < 4.78 is 18.6. The van der Waals surface area contributed by atoms with Crippen molar-refractivity contribution < 1.29 is 23.8 Å². The van der Waals surface area contributed by atoms with E-state index in [9.17, 15) is 14.0 Å². The highest BCUT2D eigenvalue weighted by Crippen LogP contribution is 2.29. The molecule has 1 N–H and O–H groups in total. The lowest BCUT2D eigenvalue weighted by Gasteiger charge is -2.07. The number of hydrogen-bond donors (Lipinski definition) is 1. The van der Waals surface area contributed by atoms with Crippen molar-refractivity contribution in [2.24, 2.45) is 0 Å². The van der Waals surface area contributed by atoms with Crippen LogP contribution in [0.5, 0.6) is 0 Å². The smallest absolute Gasteiger partial charge is 0.339 e. The zero-order chi connectivity index (χ0) is 13.7. The van der Waals surface area contributed by atoms with Crippen molar-refractivity contribution in [3.8, 4) is 0 Å². The zero-order valence-corrected chi connectivity index (χ0v) is 11.8. The van der Waals surface area contributed by atoms with Gasteiger partial charge in [0.2, 0.25) is 0 Å². The molecule has 0 amide bonds. The molecule has 0 unspecified atom stereocenters. The fourth-order valence-electron chi connectivity index (χ4n) is 1.21. The molecule has 98 valence electrons. The number of halogens is 2. The van der Waals surface area contributed by atoms with Crippen LogP contribution in [0.1, 0.15) is 17.3 Å². The van der Waals surface area contributed by atoms with Gasteiger partial charge >= 0.3 is 11.9 Å². The topological polar surface area (TPSA) is 63.6 Å². The summed E-state index contributed by atoms with van der Waals surface area (Å²) in [4.78, 5) is 22.3. The summed E-state index contributed by atoms with van der Waals surface area (Å²) in [6.45, 7) is 1.92. The normalized spacial score (nSPS) is 10.2. The number of carboxylic acid groups (broad SMARTS) is 1. The number of esters is 1. The summed E-state index contributed by atoms with van der Waals surface area (Å²) in [5.74, 6) is -2.75. The molecule has 0 aliphatic heterocycles. The van der Waals surface area contributed by atoms with E-state index in [-0.39, 0.29) is 17.3 Å². The number of carbonyl (C=O) groups excluding carboxylic acids is 1. The van der Waals surface area contributed by atoms with Gasteiger partial charge in [-0.1, -0.05) is 15.9 Å². The van der Waals surface area contributed by atoms with E-state index < -0.39 is 23.3 Å². The zero-order valence-electron chi connectivity index (χ0n) is 9.41. The van der Waals surface area contributed by atoms with Gasteiger partial charge < -0.3 is 9.84 Å². The maximum atomic E-state index is 13.5. The summed E-state index contributed by atoms with van der Waals surface area (Å²) in [6.07, 6.45) is 0. The van der Waals surface area contributed by atoms with Crippen LogP contribution in [-0.2, 0) is 9.53 Å². The molecule has 0 saturated carbocycles. The third-order valence-corrected chi connectivity index (χ3v) is 3.35. The summed E-state index contributed by atoms with van der Waals surface area (Å²) in [6, 6.07) is 2.52. The van der Waals surface area contributed by atoms with Crippen molar-refractivity contribution in [1.82, 2.24) is 0 Å². The average Bonchev–Trinajstić information content (AvgIpc) is 2.25. The van der Waals surface area contributed by atoms with Crippen LogP contribution in [-0.4, -0.2) is 29.4 Å². The van der Waals surface area contributed by atoms with Crippen LogP contribution in [0.4, 0.5) is 4.39 Å². The fraction of sp³-hybridized carbons (Fsp3) is 0.273. The number of thioether (sulfide) groups is 1. The van der Waals surface area contributed by atoms with E-state index in [2.05, 4.69) is 15.9 Å². The highest BCUT2D eigenvalue weighted by Gasteiger charge is 2.18. The minimum Gasteiger partial charge on any atom is -0.478 e. The molecular weight excluding hydrogens is 327 g/mol. The van der Waals surface area contributed by atoms with Gasteiger partial charge in [-0.05, 0) is 19.1 Å². The SMILES string of the molecule is CCOC(=O)CSc1cc(Br)cc(F)c1C(=O)O. The first-order valence-corrected chi connectivity index (χ1v) is 6.74. The van der Waals surface area contributed by atoms with Crippen LogP contribution in [0.2, 0.25) is 0 Å². The number of benzene rings is 1. The van der Waals surface area contributed by atoms with Gasteiger partial charge in [-0.3, -0.25) is 4.79 Å². The third kappa shape index (κ3) is 3.99. The summed E-state index contributed by atoms with van der Waals surface area (Å²) >= 11 is 4.00. The molecule has 0 fully saturated rings. The second kappa shape index (κ2) is 6.75. The van der Waals surface area contributed by atoms with E-state index in [1.54, 1.807) is 6.92 Å². The minimum atomic E-state index is -1.37. The molecule has 0 atom stereocenters. The van der Waals surface area contributed by atoms with Crippen molar-refractivity contribution in [1.29, 1.82) is 0 Å². The lowest BCUT2D eigenvalue weighted by molar-refractivity contribution is -0.139. The molecule has 1 aromatic rings. The van der Waals surface area contributed by atoms with Gasteiger partial charge in [0.15, 0.2) is 0 Å². The predicted molar refractivity (Wildman–Crippen MR) is 68.4 cm³/mol. The number of carbonyl (C=O) groups is 2. The first kappa shape index (κ1) is 15.0. The molecule has 0 aromatic heterocycles. The fourth-order valence-corrected chi connectivity index (χ4v) is 2.69. The van der Waals surface area contributed by atoms with Gasteiger partial charge in [0, 0.05) is 9.37 Å². The van der Waals surface area contributed by atoms with Gasteiger partial charge in [0.05, 0.1) is 12.4 Å². The number of aromatic carboxylic acids is 1. The summed E-state index contributed by atoms with van der Waals surface area (Å²) in [5.41, 5.74) is -0.438. The van der Waals surface area contributed by atoms with Crippen LogP contribution < -0.4 is 0 Å². The molecule has 1 rings (SSSR count). The Morgan fingerprint density at radius 1 is 1.50 bits per heavy atom. The van der Waals surface area contributed by atoms with Gasteiger partial charge in [-0.25, -0.2) is 9.18 Å². The molecule has 1 aromatic carbocycles. The van der Waals surface area contributed by atoms with Crippen molar-refractivity contribution in [2.75, 3.05) is 12.4 Å². The standard InChI is InChI=1S/C11H10BrFO4S/c1-2-17-9(14)5-18-8-4-6(12)3-7(13)10(8)11(15)16/h3-4H,2,5H2,1H3,(H,15,16). The summed E-state index contributed by atoms with van der Waals surface area (Å²) in [7, 11) is 0. The first-order valence-electron chi connectivity index (χ1n) is 4.96. The van der Waals surface area contributed by atoms with E-state index in [1.807, 2.05) is 0 Å². The van der Waals surface area contributed by atoms with E-state index in [1.165, 1.54) is 6.07 Å². The number of ether oxygens (including phenoxy) is 1. The lowest BCUT2D eigenvalue weighted by atomic mass is 10.2. The van der Waals surface area contributed by atoms with Gasteiger partial charge in [0.1, 0.15) is 11.4 Å². The molecule has 0 heterocycles. The number of hydrogen-bond acceptors (Lipinski definition) is 4. The number of carboxylic acids is 1. The van der Waals surface area contributed by atoms with Crippen molar-refractivity contribution >= 4 is 39.6 Å². The Balaban J connectivity index is 2.93.